The molecule has 0 unspecified atom stereocenters. The van der Waals surface area contributed by atoms with Crippen molar-refractivity contribution in [1.82, 2.24) is 0 Å². The Morgan fingerprint density at radius 2 is 2.17 bits per heavy atom. The molecule has 0 aliphatic carbocycles. The Hall–Kier alpha value is -0.960. The molecule has 29 valence electrons. The van der Waals surface area contributed by atoms with Crippen LogP contribution >= 0.6 is 0 Å². The molecule has 6 heavy (non-hydrogen) atoms. The van der Waals surface area contributed by atoms with E-state index < -0.39 is 0 Å². The number of hydrogen-bond donors (Lipinski definition) is 0. The zero-order valence-electron chi connectivity index (χ0n) is 3.44. The molecule has 0 aromatic heterocycles. The Kier molecular flexibility index (Phi) is 3.39. The molecule has 0 nitrogen and oxygen atoms in total. The predicted molar refractivity (Wildman–Crippen MR) is 26.8 cm³/mol. The van der Waals surface area contributed by atoms with Crippen LogP contribution in [-0.2, 0) is 0 Å². The van der Waals surface area contributed by atoms with Gasteiger partial charge in [0.25, 0.3) is 0 Å². The van der Waals surface area contributed by atoms with Gasteiger partial charge in [0.05, 0.1) is 0 Å². The maximum absolute atomic E-state index is 4.81. The summed E-state index contributed by atoms with van der Waals surface area (Å²) in [6.45, 7) is 3.29. The van der Waals surface area contributed by atoms with Crippen molar-refractivity contribution < 1.29 is 0 Å². The van der Waals surface area contributed by atoms with Gasteiger partial charge in [-0.2, -0.15) is 0 Å². The molecule has 0 N–H and O–H groups in total. The van der Waals surface area contributed by atoms with Gasteiger partial charge in [-0.3, -0.25) is 0 Å². The summed E-state index contributed by atoms with van der Waals surface area (Å²) in [7, 11) is 0. The zero-order valence-corrected chi connectivity index (χ0v) is 3.44. The van der Waals surface area contributed by atoms with Crippen molar-refractivity contribution in [1.29, 1.82) is 0 Å². The highest BCUT2D eigenvalue weighted by Crippen LogP contribution is 1.63. The van der Waals surface area contributed by atoms with Gasteiger partial charge in [0, 0.05) is 0 Å². The van der Waals surface area contributed by atoms with Crippen LogP contribution in [0.15, 0.2) is 18.7 Å². The normalized spacial score (nSPS) is 7.83. The van der Waals surface area contributed by atoms with Gasteiger partial charge < -0.3 is 0 Å². The van der Waals surface area contributed by atoms with Crippen molar-refractivity contribution in [2.75, 3.05) is 0 Å². The van der Waals surface area contributed by atoms with Gasteiger partial charge in [-0.1, -0.05) is 12.5 Å². The highest BCUT2D eigenvalue weighted by Gasteiger charge is 1.48. The first-order chi connectivity index (χ1) is 2.91. The molecule has 0 atom stereocenters. The molecule has 0 aliphatic heterocycles. The summed E-state index contributed by atoms with van der Waals surface area (Å²) in [6, 6.07) is 0. The van der Waals surface area contributed by atoms with Crippen LogP contribution in [0.3, 0.4) is 0 Å². The van der Waals surface area contributed by atoms with E-state index in [0.717, 1.165) is 0 Å². The Labute approximate surface area is 38.2 Å². The fourth-order valence-corrected chi connectivity index (χ4v) is 0.107. The molecule has 0 spiro atoms. The van der Waals surface area contributed by atoms with Gasteiger partial charge in [0.1, 0.15) is 0 Å². The third-order valence-electron chi connectivity index (χ3n) is 0.297. The van der Waals surface area contributed by atoms with Crippen LogP contribution < -0.4 is 0 Å². The van der Waals surface area contributed by atoms with Gasteiger partial charge in [-0.25, -0.2) is 0 Å². The molecule has 1 radical (unpaired) electrons. The third-order valence-corrected chi connectivity index (χ3v) is 0.297. The molecular formula is C6H5. The first kappa shape index (κ1) is 5.04. The Bertz CT molecular complexity index is 91.1. The lowest BCUT2D eigenvalue weighted by Crippen LogP contribution is -1.41. The van der Waals surface area contributed by atoms with Gasteiger partial charge in [-0.05, 0) is 18.2 Å². The first-order valence-corrected chi connectivity index (χ1v) is 1.55. The molecule has 0 amide bonds. The van der Waals surface area contributed by atoms with Crippen molar-refractivity contribution >= 4 is 0 Å². The van der Waals surface area contributed by atoms with Crippen LogP contribution in [0.1, 0.15) is 0 Å². The monoisotopic (exact) mass is 77.0 g/mol. The molecule has 0 rings (SSSR count). The summed E-state index contributed by atoms with van der Waals surface area (Å²) in [5.74, 6) is 2.29. The highest BCUT2D eigenvalue weighted by molar-refractivity contribution is 5.11. The number of hydrogen-bond acceptors (Lipinski definition) is 0. The van der Waals surface area contributed by atoms with Gasteiger partial charge in [0.15, 0.2) is 0 Å². The van der Waals surface area contributed by atoms with E-state index in [1.54, 1.807) is 6.08 Å². The van der Waals surface area contributed by atoms with E-state index in [2.05, 4.69) is 18.6 Å². The molecule has 0 aromatic rings. The summed E-state index contributed by atoms with van der Waals surface area (Å²) in [5.41, 5.74) is 0. The Morgan fingerprint density at radius 3 is 2.33 bits per heavy atom. The molecule has 0 fully saturated rings. The van der Waals surface area contributed by atoms with Gasteiger partial charge >= 0.3 is 0 Å². The molecule has 0 saturated heterocycles. The molecule has 0 saturated carbocycles. The highest BCUT2D eigenvalue weighted by atomic mass is 13.5. The molecule has 0 bridgehead atoms. The number of terminal acetylenes is 1. The van der Waals surface area contributed by atoms with E-state index in [1.165, 1.54) is 6.08 Å². The number of allylic oxidation sites excluding steroid dienone is 3. The lowest BCUT2D eigenvalue weighted by molar-refractivity contribution is 1.96. The van der Waals surface area contributed by atoms with E-state index in [4.69, 9.17) is 6.42 Å². The van der Waals surface area contributed by atoms with Crippen molar-refractivity contribution in [3.63, 3.8) is 0 Å². The fourth-order valence-electron chi connectivity index (χ4n) is 0.107. The van der Waals surface area contributed by atoms with E-state index in [9.17, 15) is 0 Å². The SMILES string of the molecule is C#CC=C[C]=C. The maximum atomic E-state index is 4.81. The topological polar surface area (TPSA) is 0 Å². The summed E-state index contributed by atoms with van der Waals surface area (Å²) >= 11 is 0. The van der Waals surface area contributed by atoms with Crippen LogP contribution in [0, 0.1) is 18.4 Å². The van der Waals surface area contributed by atoms with Gasteiger partial charge in [0.2, 0.25) is 0 Å². The summed E-state index contributed by atoms with van der Waals surface area (Å²) < 4.78 is 0. The molecule has 0 heterocycles. The second-order valence-electron chi connectivity index (χ2n) is 0.704. The molecule has 0 aromatic carbocycles. The van der Waals surface area contributed by atoms with Crippen molar-refractivity contribution in [3.8, 4) is 12.3 Å². The summed E-state index contributed by atoms with van der Waals surface area (Å²) in [6.07, 6.45) is 10.4. The molecule has 0 heteroatoms. The van der Waals surface area contributed by atoms with Crippen molar-refractivity contribution in [3.05, 3.63) is 24.8 Å². The van der Waals surface area contributed by atoms with Gasteiger partial charge in [-0.15, -0.1) is 6.42 Å². The summed E-state index contributed by atoms with van der Waals surface area (Å²) in [4.78, 5) is 0. The summed E-state index contributed by atoms with van der Waals surface area (Å²) in [5, 5.41) is 0. The van der Waals surface area contributed by atoms with Crippen molar-refractivity contribution in [2.24, 2.45) is 0 Å². The van der Waals surface area contributed by atoms with E-state index in [0.29, 0.717) is 0 Å². The lowest BCUT2D eigenvalue weighted by Gasteiger charge is -1.56. The van der Waals surface area contributed by atoms with Crippen LogP contribution in [-0.4, -0.2) is 0 Å². The predicted octanol–water partition coefficient (Wildman–Crippen LogP) is 1.16. The largest absolute Gasteiger partial charge is 0.115 e. The molecular weight excluding hydrogens is 72.1 g/mol. The van der Waals surface area contributed by atoms with Crippen LogP contribution in [0.4, 0.5) is 0 Å². The fraction of sp³-hybridized carbons (Fsp3) is 0. The second kappa shape index (κ2) is 4.04. The van der Waals surface area contributed by atoms with Crippen LogP contribution in [0.25, 0.3) is 0 Å². The average molecular weight is 77.1 g/mol. The quantitative estimate of drug-likeness (QED) is 0.325. The Balaban J connectivity index is 3.26. The Morgan fingerprint density at radius 1 is 1.50 bits per heavy atom. The minimum absolute atomic E-state index is 1.53. The zero-order chi connectivity index (χ0) is 4.83. The van der Waals surface area contributed by atoms with E-state index >= 15 is 0 Å². The standard InChI is InChI=1S/C6H5/c1-3-5-6-4-2/h1,5-6H,2H2. The minimum atomic E-state index is 1.53. The van der Waals surface area contributed by atoms with Crippen LogP contribution in [0.5, 0.6) is 0 Å². The lowest BCUT2D eigenvalue weighted by atomic mass is 10.5. The van der Waals surface area contributed by atoms with Crippen LogP contribution in [0.2, 0.25) is 0 Å². The maximum Gasteiger partial charge on any atom is -0.0116 e. The second-order valence-corrected chi connectivity index (χ2v) is 0.704. The number of rotatable bonds is 1. The van der Waals surface area contributed by atoms with E-state index in [-0.39, 0.29) is 0 Å². The smallest absolute Gasteiger partial charge is 0.0116 e. The minimum Gasteiger partial charge on any atom is -0.115 e. The van der Waals surface area contributed by atoms with Crippen molar-refractivity contribution in [2.45, 2.75) is 0 Å². The molecule has 0 aliphatic rings. The van der Waals surface area contributed by atoms with E-state index in [1.807, 2.05) is 0 Å². The first-order valence-electron chi connectivity index (χ1n) is 1.55. The average Bonchev–Trinajstić information content (AvgIpc) is 1.61. The third kappa shape index (κ3) is 3.04.